The fourth-order valence-corrected chi connectivity index (χ4v) is 3.82. The quantitative estimate of drug-likeness (QED) is 0.900. The van der Waals surface area contributed by atoms with Crippen molar-refractivity contribution < 1.29 is 4.74 Å². The predicted octanol–water partition coefficient (Wildman–Crippen LogP) is 3.60. The third kappa shape index (κ3) is 2.70. The number of hydrogen-bond donors (Lipinski definition) is 1. The summed E-state index contributed by atoms with van der Waals surface area (Å²) in [4.78, 5) is 0. The topological polar surface area (TPSA) is 35.2 Å². The fourth-order valence-electron chi connectivity index (χ4n) is 3.82. The zero-order valence-corrected chi connectivity index (χ0v) is 11.9. The maximum absolute atomic E-state index is 6.63. The Kier molecular flexibility index (Phi) is 3.64. The van der Waals surface area contributed by atoms with E-state index in [9.17, 15) is 0 Å². The summed E-state index contributed by atoms with van der Waals surface area (Å²) in [5.74, 6) is 0.823. The van der Waals surface area contributed by atoms with E-state index in [2.05, 4.69) is 31.2 Å². The van der Waals surface area contributed by atoms with Gasteiger partial charge in [0.2, 0.25) is 0 Å². The first-order valence-electron chi connectivity index (χ1n) is 7.68. The van der Waals surface area contributed by atoms with Crippen molar-refractivity contribution in [1.82, 2.24) is 0 Å². The fraction of sp³-hybridized carbons (Fsp3) is 0.647. The van der Waals surface area contributed by atoms with Gasteiger partial charge in [0, 0.05) is 5.54 Å². The van der Waals surface area contributed by atoms with Crippen LogP contribution in [0.2, 0.25) is 0 Å². The highest BCUT2D eigenvalue weighted by atomic mass is 16.5. The van der Waals surface area contributed by atoms with Crippen molar-refractivity contribution in [2.45, 2.75) is 57.1 Å². The van der Waals surface area contributed by atoms with E-state index in [1.54, 1.807) is 0 Å². The van der Waals surface area contributed by atoms with Crippen LogP contribution in [0.3, 0.4) is 0 Å². The van der Waals surface area contributed by atoms with Crippen LogP contribution in [0.1, 0.15) is 56.3 Å². The van der Waals surface area contributed by atoms with Gasteiger partial charge in [-0.05, 0) is 49.1 Å². The van der Waals surface area contributed by atoms with Gasteiger partial charge >= 0.3 is 0 Å². The first-order valence-corrected chi connectivity index (χ1v) is 7.68. The molecule has 2 N–H and O–H groups in total. The molecule has 0 radical (unpaired) electrons. The molecule has 1 aromatic carbocycles. The van der Waals surface area contributed by atoms with Crippen LogP contribution in [0.4, 0.5) is 0 Å². The summed E-state index contributed by atoms with van der Waals surface area (Å²) in [6.45, 7) is 3.12. The van der Waals surface area contributed by atoms with E-state index in [1.165, 1.54) is 30.4 Å². The third-order valence-electron chi connectivity index (χ3n) is 5.01. The molecule has 1 saturated carbocycles. The summed E-state index contributed by atoms with van der Waals surface area (Å²) in [5, 5.41) is 0. The van der Waals surface area contributed by atoms with Crippen molar-refractivity contribution >= 4 is 0 Å². The Morgan fingerprint density at radius 3 is 3.00 bits per heavy atom. The van der Waals surface area contributed by atoms with Crippen molar-refractivity contribution in [3.63, 3.8) is 0 Å². The van der Waals surface area contributed by atoms with Crippen LogP contribution >= 0.6 is 0 Å². The molecular formula is C17H25NO. The van der Waals surface area contributed by atoms with E-state index in [4.69, 9.17) is 10.5 Å². The maximum atomic E-state index is 6.63. The lowest BCUT2D eigenvalue weighted by molar-refractivity contribution is 0.0209. The molecule has 104 valence electrons. The van der Waals surface area contributed by atoms with Crippen LogP contribution in [0.5, 0.6) is 0 Å². The average molecular weight is 259 g/mol. The second kappa shape index (κ2) is 5.26. The average Bonchev–Trinajstić information content (AvgIpc) is 2.81. The van der Waals surface area contributed by atoms with Crippen molar-refractivity contribution in [2.75, 3.05) is 6.61 Å². The van der Waals surface area contributed by atoms with Crippen molar-refractivity contribution in [1.29, 1.82) is 0 Å². The van der Waals surface area contributed by atoms with Gasteiger partial charge in [0.15, 0.2) is 0 Å². The van der Waals surface area contributed by atoms with E-state index in [0.717, 1.165) is 31.8 Å². The summed E-state index contributed by atoms with van der Waals surface area (Å²) < 4.78 is 6.02. The Bertz CT molecular complexity index is 445. The van der Waals surface area contributed by atoms with Crippen LogP contribution in [0.15, 0.2) is 24.3 Å². The number of fused-ring (bicyclic) bond motifs is 1. The van der Waals surface area contributed by atoms with Crippen molar-refractivity contribution in [3.05, 3.63) is 35.4 Å². The van der Waals surface area contributed by atoms with Crippen LogP contribution in [-0.2, 0) is 11.2 Å². The molecule has 0 aromatic heterocycles. The molecule has 1 aliphatic carbocycles. The van der Waals surface area contributed by atoms with E-state index in [0.29, 0.717) is 0 Å². The second-order valence-electron chi connectivity index (χ2n) is 6.39. The minimum atomic E-state index is -0.00417. The van der Waals surface area contributed by atoms with Gasteiger partial charge in [0.05, 0.1) is 12.7 Å². The van der Waals surface area contributed by atoms with Gasteiger partial charge in [-0.15, -0.1) is 0 Å². The molecule has 0 spiro atoms. The monoisotopic (exact) mass is 259 g/mol. The summed E-state index contributed by atoms with van der Waals surface area (Å²) in [5.41, 5.74) is 9.45. The zero-order chi connectivity index (χ0) is 13.3. The number of benzene rings is 1. The van der Waals surface area contributed by atoms with Crippen LogP contribution in [-0.4, -0.2) is 12.1 Å². The summed E-state index contributed by atoms with van der Waals surface area (Å²) in [6.07, 6.45) is 7.13. The lowest BCUT2D eigenvalue weighted by atomic mass is 9.85. The highest BCUT2D eigenvalue weighted by Crippen LogP contribution is 2.42. The molecule has 3 rings (SSSR count). The second-order valence-corrected chi connectivity index (χ2v) is 6.39. The Balaban J connectivity index is 1.74. The number of rotatable bonds is 3. The minimum absolute atomic E-state index is 0.00417. The molecule has 2 aliphatic rings. The summed E-state index contributed by atoms with van der Waals surface area (Å²) in [7, 11) is 0. The maximum Gasteiger partial charge on any atom is 0.0845 e. The lowest BCUT2D eigenvalue weighted by Gasteiger charge is -2.33. The predicted molar refractivity (Wildman–Crippen MR) is 78.0 cm³/mol. The van der Waals surface area contributed by atoms with Gasteiger partial charge < -0.3 is 10.5 Å². The highest BCUT2D eigenvalue weighted by molar-refractivity contribution is 5.31. The Morgan fingerprint density at radius 1 is 1.37 bits per heavy atom. The highest BCUT2D eigenvalue weighted by Gasteiger charge is 2.38. The van der Waals surface area contributed by atoms with E-state index < -0.39 is 0 Å². The van der Waals surface area contributed by atoms with Gasteiger partial charge in [-0.2, -0.15) is 0 Å². The van der Waals surface area contributed by atoms with Gasteiger partial charge in [0.25, 0.3) is 0 Å². The Hall–Kier alpha value is -0.860. The largest absolute Gasteiger partial charge is 0.373 e. The van der Waals surface area contributed by atoms with Gasteiger partial charge in [-0.1, -0.05) is 37.6 Å². The first kappa shape index (κ1) is 13.1. The van der Waals surface area contributed by atoms with E-state index in [1.807, 2.05) is 0 Å². The SMILES string of the molecule is CCC1CCC(N)(CC2OCCc3ccccc32)C1. The van der Waals surface area contributed by atoms with Gasteiger partial charge in [-0.3, -0.25) is 0 Å². The molecule has 0 saturated heterocycles. The van der Waals surface area contributed by atoms with Crippen molar-refractivity contribution in [2.24, 2.45) is 11.7 Å². The van der Waals surface area contributed by atoms with Crippen LogP contribution in [0, 0.1) is 5.92 Å². The summed E-state index contributed by atoms with van der Waals surface area (Å²) >= 11 is 0. The van der Waals surface area contributed by atoms with E-state index >= 15 is 0 Å². The molecule has 0 amide bonds. The molecule has 1 aliphatic heterocycles. The molecule has 0 bridgehead atoms. The Labute approximate surface area is 116 Å². The Morgan fingerprint density at radius 2 is 2.21 bits per heavy atom. The number of nitrogens with two attached hydrogens (primary N) is 1. The normalized spacial score (nSPS) is 34.2. The molecule has 2 nitrogen and oxygen atoms in total. The standard InChI is InChI=1S/C17H25NO/c1-2-13-7-9-17(18,11-13)12-16-15-6-4-3-5-14(15)8-10-19-16/h3-6,13,16H,2,7-12,18H2,1H3. The minimum Gasteiger partial charge on any atom is -0.373 e. The number of ether oxygens (including phenoxy) is 1. The molecule has 2 heteroatoms. The zero-order valence-electron chi connectivity index (χ0n) is 11.9. The summed E-state index contributed by atoms with van der Waals surface area (Å²) in [6, 6.07) is 8.70. The molecule has 1 heterocycles. The smallest absolute Gasteiger partial charge is 0.0845 e. The third-order valence-corrected chi connectivity index (χ3v) is 5.01. The van der Waals surface area contributed by atoms with Crippen LogP contribution < -0.4 is 5.73 Å². The number of hydrogen-bond acceptors (Lipinski definition) is 2. The first-order chi connectivity index (χ1) is 9.20. The molecule has 1 aromatic rings. The van der Waals surface area contributed by atoms with Crippen LogP contribution in [0.25, 0.3) is 0 Å². The van der Waals surface area contributed by atoms with E-state index in [-0.39, 0.29) is 11.6 Å². The van der Waals surface area contributed by atoms with Gasteiger partial charge in [-0.25, -0.2) is 0 Å². The molecule has 19 heavy (non-hydrogen) atoms. The van der Waals surface area contributed by atoms with Gasteiger partial charge in [0.1, 0.15) is 0 Å². The molecule has 1 fully saturated rings. The molecule has 3 unspecified atom stereocenters. The lowest BCUT2D eigenvalue weighted by Crippen LogP contribution is -2.39. The molecule has 3 atom stereocenters. The van der Waals surface area contributed by atoms with Crippen molar-refractivity contribution in [3.8, 4) is 0 Å². The molecular weight excluding hydrogens is 234 g/mol.